The van der Waals surface area contributed by atoms with Gasteiger partial charge in [-0.1, -0.05) is 80.4 Å². The summed E-state index contributed by atoms with van der Waals surface area (Å²) < 4.78 is -0.692. The van der Waals surface area contributed by atoms with Crippen molar-refractivity contribution in [3.8, 4) is 0 Å². The first-order valence-electron chi connectivity index (χ1n) is 7.81. The molecule has 1 fully saturated rings. The molecule has 5 rings (SSSR count). The highest BCUT2D eigenvalue weighted by Gasteiger charge is 2.73. The molecule has 1 spiro atoms. The van der Waals surface area contributed by atoms with Crippen molar-refractivity contribution < 1.29 is 4.79 Å². The topological polar surface area (TPSA) is 20.3 Å². The van der Waals surface area contributed by atoms with Gasteiger partial charge < -0.3 is 4.90 Å². The van der Waals surface area contributed by atoms with E-state index in [1.54, 1.807) is 0 Å². The van der Waals surface area contributed by atoms with Gasteiger partial charge in [-0.05, 0) is 22.3 Å². The third-order valence-corrected chi connectivity index (χ3v) is 8.73. The monoisotopic (exact) mass is 431 g/mol. The summed E-state index contributed by atoms with van der Waals surface area (Å²) in [5, 5.41) is 0. The summed E-state index contributed by atoms with van der Waals surface area (Å²) in [4.78, 5) is 15.3. The summed E-state index contributed by atoms with van der Waals surface area (Å²) >= 11 is 7.97. The summed E-state index contributed by atoms with van der Waals surface area (Å²) in [7, 11) is 1.91. The van der Waals surface area contributed by atoms with Gasteiger partial charge in [0.05, 0.1) is 5.41 Å². The number of nitrogens with zero attached hydrogens (tertiary/aromatic N) is 1. The highest BCUT2D eigenvalue weighted by molar-refractivity contribution is 9.10. The van der Waals surface area contributed by atoms with Crippen molar-refractivity contribution in [2.45, 2.75) is 20.5 Å². The minimum Gasteiger partial charge on any atom is -0.343 e. The molecule has 0 saturated carbocycles. The lowest BCUT2D eigenvalue weighted by atomic mass is 9.64. The normalized spacial score (nSPS) is 36.7. The summed E-state index contributed by atoms with van der Waals surface area (Å²) in [6.07, 6.45) is 0. The molecule has 4 heteroatoms. The van der Waals surface area contributed by atoms with Gasteiger partial charge in [-0.3, -0.25) is 4.79 Å². The van der Waals surface area contributed by atoms with Gasteiger partial charge in [0.15, 0.2) is 0 Å². The standard InChI is InChI=1S/C19H15Br2NO/c1-22-10-18-13-8-4-2-6-11(13)15(16(18)20)12-7-3-5-9-14(12)19(18,21)17(22)23/h2-9,15-16H,10H2,1H3. The van der Waals surface area contributed by atoms with Crippen LogP contribution in [0, 0.1) is 0 Å². The molecule has 2 bridgehead atoms. The second kappa shape index (κ2) is 4.28. The SMILES string of the molecule is CN1CC23c4ccccc4C(c4ccccc4C2(Br)C1=O)C3Br. The number of halogens is 2. The lowest BCUT2D eigenvalue weighted by Crippen LogP contribution is -2.53. The van der Waals surface area contributed by atoms with E-state index in [4.69, 9.17) is 0 Å². The van der Waals surface area contributed by atoms with Crippen molar-refractivity contribution in [2.24, 2.45) is 0 Å². The molecular weight excluding hydrogens is 418 g/mol. The first-order valence-corrected chi connectivity index (χ1v) is 9.51. The Morgan fingerprint density at radius 1 is 1.04 bits per heavy atom. The van der Waals surface area contributed by atoms with Gasteiger partial charge in [-0.2, -0.15) is 0 Å². The highest BCUT2D eigenvalue weighted by atomic mass is 79.9. The van der Waals surface area contributed by atoms with Crippen LogP contribution >= 0.6 is 31.9 Å². The lowest BCUT2D eigenvalue weighted by molar-refractivity contribution is -0.128. The smallest absolute Gasteiger partial charge is 0.244 e. The molecule has 4 atom stereocenters. The molecule has 0 aromatic heterocycles. The van der Waals surface area contributed by atoms with Gasteiger partial charge in [0.1, 0.15) is 4.32 Å². The average Bonchev–Trinajstić information content (AvgIpc) is 2.91. The molecular formula is C19H15Br2NO. The molecule has 0 radical (unpaired) electrons. The van der Waals surface area contributed by atoms with E-state index in [0.717, 1.165) is 12.1 Å². The van der Waals surface area contributed by atoms with E-state index < -0.39 is 4.32 Å². The summed E-state index contributed by atoms with van der Waals surface area (Å²) in [6, 6.07) is 17.0. The molecule has 2 aliphatic carbocycles. The molecule has 23 heavy (non-hydrogen) atoms. The Bertz CT molecular complexity index is 866. The van der Waals surface area contributed by atoms with E-state index in [0.29, 0.717) is 5.92 Å². The van der Waals surface area contributed by atoms with Crippen molar-refractivity contribution in [1.82, 2.24) is 4.90 Å². The van der Waals surface area contributed by atoms with E-state index in [1.807, 2.05) is 18.0 Å². The second-order valence-electron chi connectivity index (χ2n) is 6.84. The highest BCUT2D eigenvalue weighted by Crippen LogP contribution is 2.70. The minimum atomic E-state index is -0.692. The number of hydrogen-bond donors (Lipinski definition) is 0. The van der Waals surface area contributed by atoms with E-state index in [2.05, 4.69) is 74.3 Å². The van der Waals surface area contributed by atoms with Crippen LogP contribution in [-0.2, 0) is 14.5 Å². The number of carbonyl (C=O) groups is 1. The zero-order chi connectivity index (χ0) is 16.0. The first kappa shape index (κ1) is 14.2. The van der Waals surface area contributed by atoms with Gasteiger partial charge in [-0.25, -0.2) is 0 Å². The Kier molecular flexibility index (Phi) is 2.65. The molecule has 2 aromatic rings. The number of likely N-dealkylation sites (tertiary alicyclic amines) is 1. The number of fused-ring (bicyclic) bond motifs is 3. The van der Waals surface area contributed by atoms with E-state index in [9.17, 15) is 4.79 Å². The van der Waals surface area contributed by atoms with Crippen LogP contribution in [0.2, 0.25) is 0 Å². The molecule has 0 N–H and O–H groups in total. The fraction of sp³-hybridized carbons (Fsp3) is 0.316. The lowest BCUT2D eigenvalue weighted by Gasteiger charge is -2.45. The van der Waals surface area contributed by atoms with Gasteiger partial charge in [0.25, 0.3) is 0 Å². The number of benzene rings is 2. The number of amides is 1. The van der Waals surface area contributed by atoms with E-state index >= 15 is 0 Å². The number of hydrogen-bond acceptors (Lipinski definition) is 1. The maximum absolute atomic E-state index is 13.2. The third kappa shape index (κ3) is 1.33. The predicted molar refractivity (Wildman–Crippen MR) is 97.4 cm³/mol. The Labute approximate surface area is 152 Å². The van der Waals surface area contributed by atoms with Crippen molar-refractivity contribution >= 4 is 37.8 Å². The predicted octanol–water partition coefficient (Wildman–Crippen LogP) is 3.91. The zero-order valence-electron chi connectivity index (χ0n) is 12.6. The Morgan fingerprint density at radius 3 is 2.30 bits per heavy atom. The van der Waals surface area contributed by atoms with Crippen molar-refractivity contribution in [3.63, 3.8) is 0 Å². The van der Waals surface area contributed by atoms with Crippen LogP contribution < -0.4 is 0 Å². The Hall–Kier alpha value is -1.13. The maximum atomic E-state index is 13.2. The van der Waals surface area contributed by atoms with E-state index in [-0.39, 0.29) is 16.1 Å². The van der Waals surface area contributed by atoms with Crippen LogP contribution in [0.25, 0.3) is 0 Å². The number of alkyl halides is 2. The molecule has 4 unspecified atom stereocenters. The molecule has 1 saturated heterocycles. The van der Waals surface area contributed by atoms with Crippen LogP contribution in [0.15, 0.2) is 48.5 Å². The van der Waals surface area contributed by atoms with Crippen LogP contribution in [0.4, 0.5) is 0 Å². The largest absolute Gasteiger partial charge is 0.343 e. The maximum Gasteiger partial charge on any atom is 0.244 e. The van der Waals surface area contributed by atoms with Crippen molar-refractivity contribution in [3.05, 3.63) is 70.8 Å². The third-order valence-electron chi connectivity index (χ3n) is 5.95. The number of carbonyl (C=O) groups excluding carboxylic acids is 1. The summed E-state index contributed by atoms with van der Waals surface area (Å²) in [5.74, 6) is 0.455. The fourth-order valence-corrected chi connectivity index (χ4v) is 7.95. The van der Waals surface area contributed by atoms with Gasteiger partial charge in [-0.15, -0.1) is 0 Å². The average molecular weight is 433 g/mol. The van der Waals surface area contributed by atoms with Crippen LogP contribution in [0.1, 0.15) is 28.2 Å². The van der Waals surface area contributed by atoms with Crippen molar-refractivity contribution in [2.75, 3.05) is 13.6 Å². The molecule has 1 heterocycles. The van der Waals surface area contributed by atoms with Gasteiger partial charge in [0.2, 0.25) is 5.91 Å². The van der Waals surface area contributed by atoms with Crippen LogP contribution in [-0.4, -0.2) is 29.2 Å². The zero-order valence-corrected chi connectivity index (χ0v) is 15.8. The van der Waals surface area contributed by atoms with E-state index in [1.165, 1.54) is 16.7 Å². The summed E-state index contributed by atoms with van der Waals surface area (Å²) in [5.41, 5.74) is 4.78. The molecule has 3 aliphatic rings. The molecule has 116 valence electrons. The molecule has 2 nitrogen and oxygen atoms in total. The second-order valence-corrected chi connectivity index (χ2v) is 9.02. The molecule has 1 amide bonds. The summed E-state index contributed by atoms with van der Waals surface area (Å²) in [6.45, 7) is 0.731. The number of likely N-dealkylation sites (N-methyl/N-ethyl adjacent to an activating group) is 1. The quantitative estimate of drug-likeness (QED) is 0.578. The van der Waals surface area contributed by atoms with Crippen LogP contribution in [0.5, 0.6) is 0 Å². The molecule has 2 aromatic carbocycles. The van der Waals surface area contributed by atoms with Crippen molar-refractivity contribution in [1.29, 1.82) is 0 Å². The minimum absolute atomic E-state index is 0.157. The Morgan fingerprint density at radius 2 is 1.61 bits per heavy atom. The number of rotatable bonds is 0. The van der Waals surface area contributed by atoms with Gasteiger partial charge >= 0.3 is 0 Å². The first-order chi connectivity index (χ1) is 11.0. The van der Waals surface area contributed by atoms with Crippen LogP contribution in [0.3, 0.4) is 0 Å². The fourth-order valence-electron chi connectivity index (χ4n) is 5.08. The molecule has 1 aliphatic heterocycles. The van der Waals surface area contributed by atoms with Gasteiger partial charge in [0, 0.05) is 24.3 Å². The Balaban J connectivity index is 1.98.